The second-order valence-corrected chi connectivity index (χ2v) is 8.50. The molecule has 10 heteroatoms. The number of pyridine rings is 1. The van der Waals surface area contributed by atoms with Crippen LogP contribution in [0, 0.1) is 5.92 Å². The Hall–Kier alpha value is -3.27. The zero-order valence-electron chi connectivity index (χ0n) is 15.9. The normalized spacial score (nSPS) is 16.1. The average Bonchev–Trinajstić information content (AvgIpc) is 3.30. The van der Waals surface area contributed by atoms with Crippen molar-refractivity contribution in [1.29, 1.82) is 0 Å². The number of anilines is 2. The molecule has 0 saturated heterocycles. The summed E-state index contributed by atoms with van der Waals surface area (Å²) in [7, 11) is 3.59. The quantitative estimate of drug-likeness (QED) is 0.477. The number of hydrogen-bond acceptors (Lipinski definition) is 7. The maximum absolute atomic E-state index is 12.4. The van der Waals surface area contributed by atoms with Crippen molar-refractivity contribution in [1.82, 2.24) is 30.0 Å². The molecule has 9 nitrogen and oxygen atoms in total. The van der Waals surface area contributed by atoms with Crippen LogP contribution >= 0.6 is 11.3 Å². The highest BCUT2D eigenvalue weighted by Gasteiger charge is 2.29. The third kappa shape index (κ3) is 2.96. The number of thiophene rings is 1. The Morgan fingerprint density at radius 1 is 1.34 bits per heavy atom. The molecule has 0 bridgehead atoms. The van der Waals surface area contributed by atoms with Gasteiger partial charge in [-0.25, -0.2) is 9.97 Å². The third-order valence-electron chi connectivity index (χ3n) is 5.34. The molecule has 1 aliphatic rings. The van der Waals surface area contributed by atoms with Crippen LogP contribution in [0.1, 0.15) is 16.9 Å². The number of nitrogens with one attached hydrogen (secondary N) is 3. The van der Waals surface area contributed by atoms with E-state index in [1.165, 1.54) is 16.8 Å². The maximum Gasteiger partial charge on any atom is 0.273 e. The molecular formula is C19H19N7O2S. The molecule has 1 unspecified atom stereocenters. The first kappa shape index (κ1) is 17.8. The molecule has 5 rings (SSSR count). The van der Waals surface area contributed by atoms with Gasteiger partial charge in [0, 0.05) is 30.3 Å². The highest BCUT2D eigenvalue weighted by molar-refractivity contribution is 7.19. The molecule has 148 valence electrons. The van der Waals surface area contributed by atoms with Gasteiger partial charge in [-0.2, -0.15) is 5.10 Å². The topological polar surface area (TPSA) is 120 Å². The average molecular weight is 409 g/mol. The van der Waals surface area contributed by atoms with Crippen molar-refractivity contribution in [2.75, 3.05) is 19.4 Å². The van der Waals surface area contributed by atoms with Gasteiger partial charge in [0.05, 0.1) is 11.6 Å². The summed E-state index contributed by atoms with van der Waals surface area (Å²) >= 11 is 1.60. The van der Waals surface area contributed by atoms with Crippen molar-refractivity contribution < 1.29 is 4.79 Å². The van der Waals surface area contributed by atoms with E-state index in [0.717, 1.165) is 28.4 Å². The Bertz CT molecular complexity index is 1300. The van der Waals surface area contributed by atoms with Crippen molar-refractivity contribution >= 4 is 50.0 Å². The summed E-state index contributed by atoms with van der Waals surface area (Å²) in [6.45, 7) is 0. The lowest BCUT2D eigenvalue weighted by molar-refractivity contribution is -0.133. The molecule has 4 aromatic heterocycles. The molecule has 1 aliphatic carbocycles. The maximum atomic E-state index is 12.4. The summed E-state index contributed by atoms with van der Waals surface area (Å²) in [6.07, 6.45) is 5.46. The molecule has 0 aromatic carbocycles. The molecule has 0 fully saturated rings. The zero-order valence-corrected chi connectivity index (χ0v) is 16.8. The lowest BCUT2D eigenvalue weighted by Crippen LogP contribution is -2.32. The number of hydrogen-bond donors (Lipinski definition) is 3. The van der Waals surface area contributed by atoms with E-state index in [0.29, 0.717) is 23.6 Å². The molecule has 1 atom stereocenters. The van der Waals surface area contributed by atoms with E-state index in [9.17, 15) is 9.59 Å². The van der Waals surface area contributed by atoms with Crippen molar-refractivity contribution in [2.45, 2.75) is 19.3 Å². The van der Waals surface area contributed by atoms with Gasteiger partial charge in [0.25, 0.3) is 5.56 Å². The highest BCUT2D eigenvalue weighted by Crippen LogP contribution is 2.40. The van der Waals surface area contributed by atoms with Crippen LogP contribution in [0.3, 0.4) is 0 Å². The Morgan fingerprint density at radius 3 is 3.03 bits per heavy atom. The summed E-state index contributed by atoms with van der Waals surface area (Å²) in [4.78, 5) is 40.1. The first-order chi connectivity index (χ1) is 14.0. The van der Waals surface area contributed by atoms with Crippen LogP contribution in [0.15, 0.2) is 23.4 Å². The standard InChI is InChI=1S/C19H19N7O2S/c1-26(2)19(28)9-3-4-11-13(6-9)29-18-14(11)16(20-8-21-18)23-12-5-10-7-22-25-15(10)24-17(12)27/h5,7-9H,3-4,6H2,1-2H3,(H,20,21,23)(H2,22,24,25,27). The van der Waals surface area contributed by atoms with Crippen molar-refractivity contribution in [3.05, 3.63) is 39.4 Å². The number of carbonyl (C=O) groups is 1. The van der Waals surface area contributed by atoms with Gasteiger partial charge in [0.2, 0.25) is 5.91 Å². The molecule has 3 N–H and O–H groups in total. The number of aromatic amines is 2. The van der Waals surface area contributed by atoms with E-state index in [4.69, 9.17) is 0 Å². The van der Waals surface area contributed by atoms with Gasteiger partial charge in [-0.1, -0.05) is 0 Å². The Labute approximate surface area is 169 Å². The minimum Gasteiger partial charge on any atom is -0.349 e. The Morgan fingerprint density at radius 2 is 2.21 bits per heavy atom. The van der Waals surface area contributed by atoms with Gasteiger partial charge in [-0.15, -0.1) is 11.3 Å². The van der Waals surface area contributed by atoms with E-state index >= 15 is 0 Å². The number of H-pyrrole nitrogens is 2. The summed E-state index contributed by atoms with van der Waals surface area (Å²) < 4.78 is 0. The summed E-state index contributed by atoms with van der Waals surface area (Å²) in [5.74, 6) is 0.775. The summed E-state index contributed by atoms with van der Waals surface area (Å²) in [5, 5.41) is 11.6. The van der Waals surface area contributed by atoms with Gasteiger partial charge in [0.15, 0.2) is 0 Å². The minimum atomic E-state index is -0.255. The number of carbonyl (C=O) groups excluding carboxylic acids is 1. The Kier molecular flexibility index (Phi) is 4.09. The molecule has 0 radical (unpaired) electrons. The van der Waals surface area contributed by atoms with E-state index in [1.54, 1.807) is 42.6 Å². The number of rotatable bonds is 3. The molecule has 0 spiro atoms. The van der Waals surface area contributed by atoms with Crippen LogP contribution in [-0.2, 0) is 17.6 Å². The Balaban J connectivity index is 1.55. The summed E-state index contributed by atoms with van der Waals surface area (Å²) in [5.41, 5.74) is 1.90. The molecule has 4 aromatic rings. The first-order valence-electron chi connectivity index (χ1n) is 9.31. The number of nitrogens with zero attached hydrogens (tertiary/aromatic N) is 4. The van der Waals surface area contributed by atoms with Gasteiger partial charge in [-0.05, 0) is 30.9 Å². The fourth-order valence-corrected chi connectivity index (χ4v) is 5.18. The van der Waals surface area contributed by atoms with Crippen LogP contribution in [-0.4, -0.2) is 50.1 Å². The number of fused-ring (bicyclic) bond motifs is 4. The van der Waals surface area contributed by atoms with Gasteiger partial charge in [-0.3, -0.25) is 14.7 Å². The molecule has 0 saturated carbocycles. The van der Waals surface area contributed by atoms with Crippen molar-refractivity contribution in [3.63, 3.8) is 0 Å². The largest absolute Gasteiger partial charge is 0.349 e. The lowest BCUT2D eigenvalue weighted by Gasteiger charge is -2.24. The van der Waals surface area contributed by atoms with E-state index in [2.05, 4.69) is 30.5 Å². The van der Waals surface area contributed by atoms with Crippen molar-refractivity contribution in [2.24, 2.45) is 5.92 Å². The van der Waals surface area contributed by atoms with Gasteiger partial charge in [0.1, 0.15) is 28.3 Å². The monoisotopic (exact) mass is 409 g/mol. The summed E-state index contributed by atoms with van der Waals surface area (Å²) in [6, 6.07) is 1.75. The second-order valence-electron chi connectivity index (χ2n) is 7.42. The molecule has 29 heavy (non-hydrogen) atoms. The van der Waals surface area contributed by atoms with Crippen LogP contribution in [0.2, 0.25) is 0 Å². The molecule has 4 heterocycles. The predicted molar refractivity (Wildman–Crippen MR) is 112 cm³/mol. The fraction of sp³-hybridized carbons (Fsp3) is 0.316. The van der Waals surface area contributed by atoms with Crippen LogP contribution < -0.4 is 10.9 Å². The van der Waals surface area contributed by atoms with Gasteiger partial charge < -0.3 is 15.2 Å². The van der Waals surface area contributed by atoms with Crippen LogP contribution in [0.25, 0.3) is 21.3 Å². The van der Waals surface area contributed by atoms with Gasteiger partial charge >= 0.3 is 0 Å². The number of aryl methyl sites for hydroxylation is 1. The minimum absolute atomic E-state index is 0.00118. The smallest absolute Gasteiger partial charge is 0.273 e. The number of aromatic nitrogens is 5. The van der Waals surface area contributed by atoms with Crippen LogP contribution in [0.5, 0.6) is 0 Å². The first-order valence-corrected chi connectivity index (χ1v) is 10.1. The van der Waals surface area contributed by atoms with E-state index in [-0.39, 0.29) is 17.4 Å². The fourth-order valence-electron chi connectivity index (χ4n) is 3.91. The molecule has 1 amide bonds. The zero-order chi connectivity index (χ0) is 20.1. The highest BCUT2D eigenvalue weighted by atomic mass is 32.1. The number of amides is 1. The molecule has 0 aliphatic heterocycles. The predicted octanol–water partition coefficient (Wildman–Crippen LogP) is 2.19. The SMILES string of the molecule is CN(C)C(=O)C1CCc2c(sc3ncnc(Nc4cc5cn[nH]c5[nH]c4=O)c23)C1. The molecular weight excluding hydrogens is 390 g/mol. The van der Waals surface area contributed by atoms with E-state index in [1.807, 2.05) is 0 Å². The van der Waals surface area contributed by atoms with Crippen molar-refractivity contribution in [3.8, 4) is 0 Å². The lowest BCUT2D eigenvalue weighted by atomic mass is 9.87. The third-order valence-corrected chi connectivity index (χ3v) is 6.50. The second kappa shape index (κ2) is 6.66. The van der Waals surface area contributed by atoms with Crippen LogP contribution in [0.4, 0.5) is 11.5 Å². The van der Waals surface area contributed by atoms with E-state index < -0.39 is 0 Å².